The molecular weight excluding hydrogens is 316 g/mol. The fraction of sp³-hybridized carbons (Fsp3) is 0.667. The molecule has 0 aromatic carbocycles. The number of esters is 1. The molecule has 0 atom stereocenters. The number of amides is 1. The first-order valence-corrected chi connectivity index (χ1v) is 8.64. The van der Waals surface area contributed by atoms with Crippen molar-refractivity contribution >= 4 is 28.3 Å². The van der Waals surface area contributed by atoms with Gasteiger partial charge in [0.2, 0.25) is 5.91 Å². The Bertz CT molecular complexity index is 541. The van der Waals surface area contributed by atoms with Gasteiger partial charge in [-0.25, -0.2) is 4.98 Å². The van der Waals surface area contributed by atoms with Crippen molar-refractivity contribution in [2.24, 2.45) is 5.92 Å². The van der Waals surface area contributed by atoms with Crippen LogP contribution in [0, 0.1) is 5.92 Å². The average molecular weight is 340 g/mol. The maximum Gasteiger partial charge on any atom is 0.309 e. The second-order valence-corrected chi connectivity index (χ2v) is 6.89. The number of rotatable bonds is 6. The highest BCUT2D eigenvalue weighted by atomic mass is 32.1. The Morgan fingerprint density at radius 2 is 2.17 bits per heavy atom. The van der Waals surface area contributed by atoms with Crippen molar-refractivity contribution in [2.75, 3.05) is 39.0 Å². The van der Waals surface area contributed by atoms with Gasteiger partial charge in [-0.1, -0.05) is 0 Å². The van der Waals surface area contributed by atoms with E-state index in [1.165, 1.54) is 11.3 Å². The van der Waals surface area contributed by atoms with Crippen molar-refractivity contribution in [3.63, 3.8) is 0 Å². The molecule has 1 aromatic heterocycles. The van der Waals surface area contributed by atoms with Crippen LogP contribution in [0.25, 0.3) is 0 Å². The fourth-order valence-corrected chi connectivity index (χ4v) is 3.44. The summed E-state index contributed by atoms with van der Waals surface area (Å²) in [5.41, 5.74) is 5.61. The van der Waals surface area contributed by atoms with E-state index in [0.29, 0.717) is 50.8 Å². The van der Waals surface area contributed by atoms with Crippen LogP contribution < -0.4 is 5.73 Å². The number of likely N-dealkylation sites (tertiary alicyclic amines) is 1. The van der Waals surface area contributed by atoms with E-state index in [4.69, 9.17) is 10.5 Å². The van der Waals surface area contributed by atoms with E-state index >= 15 is 0 Å². The topological polar surface area (TPSA) is 88.8 Å². The second kappa shape index (κ2) is 8.26. The summed E-state index contributed by atoms with van der Waals surface area (Å²) in [5.74, 6) is -0.122. The zero-order valence-electron chi connectivity index (χ0n) is 13.7. The van der Waals surface area contributed by atoms with Crippen molar-refractivity contribution in [2.45, 2.75) is 26.3 Å². The molecule has 1 saturated heterocycles. The number of thiazole rings is 1. The summed E-state index contributed by atoms with van der Waals surface area (Å²) in [7, 11) is 1.90. The van der Waals surface area contributed by atoms with Crippen LogP contribution in [-0.4, -0.2) is 59.9 Å². The van der Waals surface area contributed by atoms with Gasteiger partial charge in [-0.05, 0) is 26.8 Å². The number of ether oxygens (including phenoxy) is 1. The van der Waals surface area contributed by atoms with E-state index in [2.05, 4.69) is 4.98 Å². The van der Waals surface area contributed by atoms with Crippen molar-refractivity contribution in [3.05, 3.63) is 11.1 Å². The monoisotopic (exact) mass is 340 g/mol. The Kier molecular flexibility index (Phi) is 6.35. The van der Waals surface area contributed by atoms with E-state index in [1.54, 1.807) is 6.20 Å². The number of hydrogen-bond donors (Lipinski definition) is 1. The predicted octanol–water partition coefficient (Wildman–Crippen LogP) is 0.959. The van der Waals surface area contributed by atoms with Crippen LogP contribution in [-0.2, 0) is 20.9 Å². The Morgan fingerprint density at radius 3 is 2.74 bits per heavy atom. The number of nitrogen functional groups attached to an aromatic ring is 1. The molecule has 1 aromatic rings. The maximum atomic E-state index is 12.3. The SMILES string of the molecule is CCOC(=O)C1CCN(C(=O)CN(C)Cc2cnc(N)s2)CC1. The first kappa shape index (κ1) is 17.7. The molecule has 0 aliphatic carbocycles. The fourth-order valence-electron chi connectivity index (χ4n) is 2.67. The normalized spacial score (nSPS) is 15.9. The molecule has 1 fully saturated rings. The van der Waals surface area contributed by atoms with Gasteiger partial charge in [0, 0.05) is 30.7 Å². The molecule has 23 heavy (non-hydrogen) atoms. The molecule has 7 nitrogen and oxygen atoms in total. The molecule has 1 aliphatic heterocycles. The third-order valence-electron chi connectivity index (χ3n) is 3.87. The highest BCUT2D eigenvalue weighted by Gasteiger charge is 2.28. The van der Waals surface area contributed by atoms with Gasteiger partial charge < -0.3 is 15.4 Å². The lowest BCUT2D eigenvalue weighted by Crippen LogP contribution is -2.44. The zero-order valence-corrected chi connectivity index (χ0v) is 14.5. The molecule has 2 rings (SSSR count). The van der Waals surface area contributed by atoms with Crippen LogP contribution in [0.2, 0.25) is 0 Å². The largest absolute Gasteiger partial charge is 0.466 e. The average Bonchev–Trinajstić information content (AvgIpc) is 2.92. The number of carbonyl (C=O) groups excluding carboxylic acids is 2. The molecule has 0 bridgehead atoms. The summed E-state index contributed by atoms with van der Waals surface area (Å²) >= 11 is 1.44. The minimum atomic E-state index is -0.139. The summed E-state index contributed by atoms with van der Waals surface area (Å²) in [6, 6.07) is 0. The van der Waals surface area contributed by atoms with E-state index < -0.39 is 0 Å². The number of carbonyl (C=O) groups is 2. The molecule has 2 N–H and O–H groups in total. The Labute approximate surface area is 140 Å². The molecule has 2 heterocycles. The van der Waals surface area contributed by atoms with Gasteiger partial charge in [-0.2, -0.15) is 0 Å². The minimum Gasteiger partial charge on any atom is -0.466 e. The lowest BCUT2D eigenvalue weighted by molar-refractivity contribution is -0.151. The summed E-state index contributed by atoms with van der Waals surface area (Å²) in [5, 5.41) is 0.542. The molecule has 1 aliphatic rings. The first-order chi connectivity index (χ1) is 11.0. The summed E-state index contributed by atoms with van der Waals surface area (Å²) < 4.78 is 5.04. The van der Waals surface area contributed by atoms with Crippen molar-refractivity contribution < 1.29 is 14.3 Å². The van der Waals surface area contributed by atoms with E-state index in [1.807, 2.05) is 23.8 Å². The number of aromatic nitrogens is 1. The zero-order chi connectivity index (χ0) is 16.8. The molecule has 0 unspecified atom stereocenters. The van der Waals surface area contributed by atoms with Gasteiger partial charge >= 0.3 is 5.97 Å². The summed E-state index contributed by atoms with van der Waals surface area (Å²) in [6.45, 7) is 4.45. The Morgan fingerprint density at radius 1 is 1.48 bits per heavy atom. The van der Waals surface area contributed by atoms with Gasteiger partial charge in [0.1, 0.15) is 0 Å². The predicted molar refractivity (Wildman–Crippen MR) is 88.8 cm³/mol. The minimum absolute atomic E-state index is 0.0723. The van der Waals surface area contributed by atoms with Crippen molar-refractivity contribution in [1.29, 1.82) is 0 Å². The van der Waals surface area contributed by atoms with E-state index in [0.717, 1.165) is 4.88 Å². The third-order valence-corrected chi connectivity index (χ3v) is 4.68. The lowest BCUT2D eigenvalue weighted by atomic mass is 9.97. The number of likely N-dealkylation sites (N-methyl/N-ethyl adjacent to an activating group) is 1. The van der Waals surface area contributed by atoms with Gasteiger partial charge in [0.05, 0.1) is 19.1 Å². The van der Waals surface area contributed by atoms with Crippen molar-refractivity contribution in [1.82, 2.24) is 14.8 Å². The van der Waals surface area contributed by atoms with Crippen LogP contribution in [0.1, 0.15) is 24.6 Å². The standard InChI is InChI=1S/C15H24N4O3S/c1-3-22-14(21)11-4-6-19(7-5-11)13(20)10-18(2)9-12-8-17-15(16)23-12/h8,11H,3-7,9-10H2,1-2H3,(H2,16,17). The second-order valence-electron chi connectivity index (χ2n) is 5.74. The van der Waals surface area contributed by atoms with Crippen LogP contribution in [0.15, 0.2) is 6.20 Å². The number of anilines is 1. The van der Waals surface area contributed by atoms with Crippen LogP contribution in [0.5, 0.6) is 0 Å². The van der Waals surface area contributed by atoms with Gasteiger partial charge in [-0.15, -0.1) is 11.3 Å². The molecular formula is C15H24N4O3S. The maximum absolute atomic E-state index is 12.3. The van der Waals surface area contributed by atoms with Gasteiger partial charge in [0.25, 0.3) is 0 Å². The smallest absolute Gasteiger partial charge is 0.309 e. The van der Waals surface area contributed by atoms with E-state index in [-0.39, 0.29) is 17.8 Å². The summed E-state index contributed by atoms with van der Waals surface area (Å²) in [6.07, 6.45) is 3.10. The lowest BCUT2D eigenvalue weighted by Gasteiger charge is -2.32. The van der Waals surface area contributed by atoms with Crippen LogP contribution in [0.4, 0.5) is 5.13 Å². The Hall–Kier alpha value is -1.67. The van der Waals surface area contributed by atoms with Crippen molar-refractivity contribution in [3.8, 4) is 0 Å². The molecule has 0 spiro atoms. The Balaban J connectivity index is 1.75. The molecule has 1 amide bonds. The quantitative estimate of drug-likeness (QED) is 0.776. The van der Waals surface area contributed by atoms with Crippen LogP contribution in [0.3, 0.4) is 0 Å². The van der Waals surface area contributed by atoms with E-state index in [9.17, 15) is 9.59 Å². The van der Waals surface area contributed by atoms with Gasteiger partial charge in [-0.3, -0.25) is 14.5 Å². The highest BCUT2D eigenvalue weighted by molar-refractivity contribution is 7.15. The molecule has 8 heteroatoms. The number of nitrogens with zero attached hydrogens (tertiary/aromatic N) is 3. The summed E-state index contributed by atoms with van der Waals surface area (Å²) in [4.78, 5) is 32.9. The van der Waals surface area contributed by atoms with Gasteiger partial charge in [0.15, 0.2) is 5.13 Å². The highest BCUT2D eigenvalue weighted by Crippen LogP contribution is 2.19. The molecule has 128 valence electrons. The molecule has 0 radical (unpaired) electrons. The number of piperidine rings is 1. The number of nitrogens with two attached hydrogens (primary N) is 1. The molecule has 0 saturated carbocycles. The van der Waals surface area contributed by atoms with Crippen LogP contribution >= 0.6 is 11.3 Å². The number of hydrogen-bond acceptors (Lipinski definition) is 7. The first-order valence-electron chi connectivity index (χ1n) is 7.82. The third kappa shape index (κ3) is 5.18.